The predicted molar refractivity (Wildman–Crippen MR) is 123 cm³/mol. The number of hydrogen-bond donors (Lipinski definition) is 2. The molecule has 6 nitrogen and oxygen atoms in total. The molecule has 3 amide bonds. The molecule has 3 aromatic carbocycles. The molecule has 33 heavy (non-hydrogen) atoms. The number of likely N-dealkylation sites (tertiary alicyclic amines) is 1. The summed E-state index contributed by atoms with van der Waals surface area (Å²) in [4.78, 5) is 39.9. The normalized spacial score (nSPS) is 15.2. The summed E-state index contributed by atoms with van der Waals surface area (Å²) in [6, 6.07) is 21.0. The fraction of sp³-hybridized carbons (Fsp3) is 0.192. The van der Waals surface area contributed by atoms with Crippen LogP contribution in [0.1, 0.15) is 39.1 Å². The van der Waals surface area contributed by atoms with E-state index in [2.05, 4.69) is 10.6 Å². The minimum atomic E-state index is -0.535. The number of benzene rings is 3. The predicted octanol–water partition coefficient (Wildman–Crippen LogP) is 4.00. The third-order valence-corrected chi connectivity index (χ3v) is 5.58. The molecule has 7 heteroatoms. The van der Waals surface area contributed by atoms with Crippen LogP contribution in [-0.2, 0) is 11.3 Å². The van der Waals surface area contributed by atoms with Gasteiger partial charge in [-0.2, -0.15) is 0 Å². The Morgan fingerprint density at radius 2 is 1.67 bits per heavy atom. The Morgan fingerprint density at radius 3 is 2.45 bits per heavy atom. The summed E-state index contributed by atoms with van der Waals surface area (Å²) >= 11 is 0. The fourth-order valence-electron chi connectivity index (χ4n) is 3.91. The highest BCUT2D eigenvalue weighted by molar-refractivity contribution is 6.05. The van der Waals surface area contributed by atoms with E-state index < -0.39 is 17.8 Å². The number of carbonyl (C=O) groups is 3. The molecule has 1 atom stereocenters. The summed E-state index contributed by atoms with van der Waals surface area (Å²) in [7, 11) is 0. The molecule has 2 N–H and O–H groups in total. The number of nitrogens with one attached hydrogen (secondary N) is 2. The molecule has 3 aromatic rings. The second-order valence-electron chi connectivity index (χ2n) is 7.91. The lowest BCUT2D eigenvalue weighted by atomic mass is 10.1. The van der Waals surface area contributed by atoms with Crippen LogP contribution in [0, 0.1) is 5.82 Å². The first kappa shape index (κ1) is 22.2. The minimum absolute atomic E-state index is 0.180. The molecule has 4 rings (SSSR count). The van der Waals surface area contributed by atoms with Crippen LogP contribution in [-0.4, -0.2) is 35.2 Å². The molecule has 1 unspecified atom stereocenters. The largest absolute Gasteiger partial charge is 0.350 e. The van der Waals surface area contributed by atoms with Gasteiger partial charge in [0.1, 0.15) is 11.9 Å². The van der Waals surface area contributed by atoms with Gasteiger partial charge in [0.15, 0.2) is 0 Å². The van der Waals surface area contributed by atoms with Gasteiger partial charge in [-0.3, -0.25) is 14.4 Å². The molecular formula is C26H24FN3O3. The van der Waals surface area contributed by atoms with Crippen molar-refractivity contribution >= 4 is 23.4 Å². The van der Waals surface area contributed by atoms with Crippen molar-refractivity contribution in [2.45, 2.75) is 25.4 Å². The van der Waals surface area contributed by atoms with E-state index in [4.69, 9.17) is 0 Å². The number of anilines is 1. The van der Waals surface area contributed by atoms with Crippen LogP contribution in [0.25, 0.3) is 0 Å². The molecule has 1 fully saturated rings. The number of hydrogen-bond acceptors (Lipinski definition) is 3. The summed E-state index contributed by atoms with van der Waals surface area (Å²) in [5.74, 6) is -1.43. The van der Waals surface area contributed by atoms with Gasteiger partial charge in [-0.05, 0) is 54.8 Å². The average Bonchev–Trinajstić information content (AvgIpc) is 3.33. The quantitative estimate of drug-likeness (QED) is 0.602. The minimum Gasteiger partial charge on any atom is -0.350 e. The van der Waals surface area contributed by atoms with Crippen LogP contribution in [0.15, 0.2) is 78.9 Å². The van der Waals surface area contributed by atoms with Gasteiger partial charge in [0.2, 0.25) is 5.91 Å². The van der Waals surface area contributed by atoms with Crippen LogP contribution in [0.3, 0.4) is 0 Å². The number of halogens is 1. The molecule has 0 radical (unpaired) electrons. The van der Waals surface area contributed by atoms with Crippen LogP contribution in [0.2, 0.25) is 0 Å². The lowest BCUT2D eigenvalue weighted by Crippen LogP contribution is -2.45. The van der Waals surface area contributed by atoms with Gasteiger partial charge in [0.05, 0.1) is 0 Å². The van der Waals surface area contributed by atoms with Crippen molar-refractivity contribution in [3.05, 3.63) is 101 Å². The zero-order valence-corrected chi connectivity index (χ0v) is 18.0. The molecule has 168 valence electrons. The Kier molecular flexibility index (Phi) is 6.78. The first-order valence-corrected chi connectivity index (χ1v) is 10.8. The topological polar surface area (TPSA) is 78.5 Å². The summed E-state index contributed by atoms with van der Waals surface area (Å²) in [6.45, 7) is 0.891. The van der Waals surface area contributed by atoms with E-state index >= 15 is 0 Å². The molecule has 1 heterocycles. The molecule has 1 aliphatic heterocycles. The van der Waals surface area contributed by atoms with E-state index in [-0.39, 0.29) is 17.4 Å². The van der Waals surface area contributed by atoms with Gasteiger partial charge in [0.25, 0.3) is 11.8 Å². The number of nitrogens with zero attached hydrogens (tertiary/aromatic N) is 1. The maximum atomic E-state index is 13.4. The maximum absolute atomic E-state index is 13.4. The highest BCUT2D eigenvalue weighted by atomic mass is 19.1. The first-order valence-electron chi connectivity index (χ1n) is 10.8. The molecule has 0 aliphatic carbocycles. The van der Waals surface area contributed by atoms with E-state index in [1.807, 2.05) is 30.3 Å². The molecular weight excluding hydrogens is 421 g/mol. The monoisotopic (exact) mass is 445 g/mol. The van der Waals surface area contributed by atoms with E-state index in [0.717, 1.165) is 18.1 Å². The average molecular weight is 445 g/mol. The first-order chi connectivity index (χ1) is 16.0. The van der Waals surface area contributed by atoms with Crippen LogP contribution < -0.4 is 10.6 Å². The van der Waals surface area contributed by atoms with Crippen LogP contribution in [0.5, 0.6) is 0 Å². The van der Waals surface area contributed by atoms with Crippen molar-refractivity contribution in [1.82, 2.24) is 10.2 Å². The van der Waals surface area contributed by atoms with Crippen molar-refractivity contribution in [2.24, 2.45) is 0 Å². The van der Waals surface area contributed by atoms with Gasteiger partial charge >= 0.3 is 0 Å². The summed E-state index contributed by atoms with van der Waals surface area (Å²) in [5.41, 5.74) is 1.96. The summed E-state index contributed by atoms with van der Waals surface area (Å²) < 4.78 is 13.4. The molecule has 0 saturated carbocycles. The van der Waals surface area contributed by atoms with Gasteiger partial charge < -0.3 is 15.5 Å². The second kappa shape index (κ2) is 10.1. The van der Waals surface area contributed by atoms with Crippen LogP contribution in [0.4, 0.5) is 10.1 Å². The van der Waals surface area contributed by atoms with Crippen molar-refractivity contribution in [3.63, 3.8) is 0 Å². The molecule has 0 bridgehead atoms. The zero-order valence-electron chi connectivity index (χ0n) is 18.0. The van der Waals surface area contributed by atoms with E-state index in [1.165, 1.54) is 18.2 Å². The van der Waals surface area contributed by atoms with Gasteiger partial charge in [-0.15, -0.1) is 0 Å². The van der Waals surface area contributed by atoms with Gasteiger partial charge in [-0.1, -0.05) is 42.5 Å². The molecule has 0 spiro atoms. The highest BCUT2D eigenvalue weighted by Crippen LogP contribution is 2.22. The van der Waals surface area contributed by atoms with E-state index in [1.54, 1.807) is 29.2 Å². The smallest absolute Gasteiger partial charge is 0.255 e. The van der Waals surface area contributed by atoms with Crippen molar-refractivity contribution in [1.29, 1.82) is 0 Å². The van der Waals surface area contributed by atoms with Gasteiger partial charge in [-0.25, -0.2) is 4.39 Å². The Labute approximate surface area is 191 Å². The number of carbonyl (C=O) groups excluding carboxylic acids is 3. The Morgan fingerprint density at radius 1 is 0.909 bits per heavy atom. The summed E-state index contributed by atoms with van der Waals surface area (Å²) in [5, 5.41) is 5.61. The summed E-state index contributed by atoms with van der Waals surface area (Å²) in [6.07, 6.45) is 1.34. The van der Waals surface area contributed by atoms with Crippen LogP contribution >= 0.6 is 0 Å². The fourth-order valence-corrected chi connectivity index (χ4v) is 3.91. The lowest BCUT2D eigenvalue weighted by molar-refractivity contribution is -0.125. The lowest BCUT2D eigenvalue weighted by Gasteiger charge is -2.24. The van der Waals surface area contributed by atoms with E-state index in [9.17, 15) is 18.8 Å². The van der Waals surface area contributed by atoms with E-state index in [0.29, 0.717) is 30.8 Å². The second-order valence-corrected chi connectivity index (χ2v) is 7.91. The Balaban J connectivity index is 1.42. The Bertz CT molecular complexity index is 1170. The SMILES string of the molecule is O=C(Nc1cccc(C(=O)N2CCCC2C(=O)NCc2ccccc2)c1)c1cccc(F)c1. The maximum Gasteiger partial charge on any atom is 0.255 e. The van der Waals surface area contributed by atoms with Crippen molar-refractivity contribution in [2.75, 3.05) is 11.9 Å². The standard InChI is InChI=1S/C26H24FN3O3/c27-21-11-4-9-19(15-21)24(31)29-22-12-5-10-20(16-22)26(33)30-14-6-13-23(30)25(32)28-17-18-7-2-1-3-8-18/h1-5,7-12,15-16,23H,6,13-14,17H2,(H,28,32)(H,29,31). The molecule has 1 saturated heterocycles. The molecule has 0 aromatic heterocycles. The third kappa shape index (κ3) is 5.44. The highest BCUT2D eigenvalue weighted by Gasteiger charge is 2.34. The van der Waals surface area contributed by atoms with Gasteiger partial charge in [0, 0.05) is 29.9 Å². The number of amides is 3. The third-order valence-electron chi connectivity index (χ3n) is 5.58. The molecule has 1 aliphatic rings. The Hall–Kier alpha value is -4.00. The van der Waals surface area contributed by atoms with Crippen molar-refractivity contribution in [3.8, 4) is 0 Å². The van der Waals surface area contributed by atoms with Crippen molar-refractivity contribution < 1.29 is 18.8 Å². The zero-order chi connectivity index (χ0) is 23.2. The number of rotatable bonds is 6.